The van der Waals surface area contributed by atoms with Gasteiger partial charge < -0.3 is 25.5 Å². The highest BCUT2D eigenvalue weighted by molar-refractivity contribution is 7.14. The highest BCUT2D eigenvalue weighted by atomic mass is 32.1. The molecule has 1 aromatic carbocycles. The van der Waals surface area contributed by atoms with Crippen molar-refractivity contribution in [1.82, 2.24) is 20.8 Å². The number of nitrogens with zero attached hydrogens (tertiary/aromatic N) is 3. The number of nitrogens with one attached hydrogen (secondary N) is 2. The zero-order chi connectivity index (χ0) is 23.0. The van der Waals surface area contributed by atoms with Gasteiger partial charge in [0.05, 0.1) is 18.2 Å². The number of fused-ring (bicyclic) bond motifs is 3. The van der Waals surface area contributed by atoms with E-state index in [0.29, 0.717) is 24.4 Å². The van der Waals surface area contributed by atoms with Crippen molar-refractivity contribution in [1.29, 1.82) is 0 Å². The Hall–Kier alpha value is -2.89. The summed E-state index contributed by atoms with van der Waals surface area (Å²) in [5.74, 6) is -0.649. The Labute approximate surface area is 189 Å². The van der Waals surface area contributed by atoms with Gasteiger partial charge >= 0.3 is 6.03 Å². The molecule has 3 heterocycles. The molecule has 4 rings (SSSR count). The molecule has 4 atom stereocenters. The first kappa shape index (κ1) is 22.3. The largest absolute Gasteiger partial charge is 0.372 e. The summed E-state index contributed by atoms with van der Waals surface area (Å²) in [5.41, 5.74) is 6.76. The zero-order valence-corrected chi connectivity index (χ0v) is 18.9. The van der Waals surface area contributed by atoms with E-state index in [4.69, 9.17) is 10.5 Å². The van der Waals surface area contributed by atoms with Gasteiger partial charge in [-0.15, -0.1) is 10.2 Å². The van der Waals surface area contributed by atoms with Crippen LogP contribution in [0, 0.1) is 5.41 Å². The number of ether oxygens (including phenoxy) is 1. The van der Waals surface area contributed by atoms with E-state index in [1.165, 1.54) is 18.4 Å². The number of aldehydes is 1. The van der Waals surface area contributed by atoms with Gasteiger partial charge in [-0.25, -0.2) is 4.79 Å². The van der Waals surface area contributed by atoms with Gasteiger partial charge in [-0.2, -0.15) is 0 Å². The topological polar surface area (TPSA) is 140 Å². The summed E-state index contributed by atoms with van der Waals surface area (Å²) in [5, 5.41) is 14.4. The van der Waals surface area contributed by atoms with Crippen LogP contribution in [-0.2, 0) is 27.3 Å². The van der Waals surface area contributed by atoms with Gasteiger partial charge in [0.1, 0.15) is 21.7 Å². The van der Waals surface area contributed by atoms with Crippen LogP contribution in [0.4, 0.5) is 10.5 Å². The van der Waals surface area contributed by atoms with Crippen LogP contribution >= 0.6 is 11.3 Å². The Morgan fingerprint density at radius 2 is 2.16 bits per heavy atom. The second-order valence-corrected chi connectivity index (χ2v) is 9.23. The number of hydrogen-bond acceptors (Lipinski definition) is 9. The molecule has 0 radical (unpaired) electrons. The first-order valence-electron chi connectivity index (χ1n) is 10.4. The van der Waals surface area contributed by atoms with Crippen LogP contribution in [0.15, 0.2) is 18.2 Å². The molecule has 1 aromatic heterocycles. The molecular weight excluding hydrogens is 432 g/mol. The van der Waals surface area contributed by atoms with E-state index in [1.54, 1.807) is 0 Å². The molecule has 11 heteroatoms. The highest BCUT2D eigenvalue weighted by Gasteiger charge is 2.56. The Kier molecular flexibility index (Phi) is 5.97. The molecule has 4 unspecified atom stereocenters. The number of benzene rings is 1. The van der Waals surface area contributed by atoms with E-state index in [1.807, 2.05) is 32.0 Å². The molecule has 32 heavy (non-hydrogen) atoms. The van der Waals surface area contributed by atoms with Gasteiger partial charge in [0.2, 0.25) is 5.91 Å². The fourth-order valence-electron chi connectivity index (χ4n) is 4.75. The summed E-state index contributed by atoms with van der Waals surface area (Å²) in [6, 6.07) is 4.66. The number of carbonyl (C=O) groups is 3. The zero-order valence-electron chi connectivity index (χ0n) is 18.1. The van der Waals surface area contributed by atoms with Crippen molar-refractivity contribution < 1.29 is 19.1 Å². The fourth-order valence-corrected chi connectivity index (χ4v) is 5.46. The fraction of sp³-hybridized carbons (Fsp3) is 0.476. The second kappa shape index (κ2) is 8.57. The number of carbonyl (C=O) groups excluding carboxylic acids is 3. The lowest BCUT2D eigenvalue weighted by Gasteiger charge is -2.53. The smallest absolute Gasteiger partial charge is 0.321 e. The molecule has 0 bridgehead atoms. The lowest BCUT2D eigenvalue weighted by atomic mass is 9.69. The van der Waals surface area contributed by atoms with Crippen LogP contribution in [0.1, 0.15) is 24.4 Å². The van der Waals surface area contributed by atoms with Crippen molar-refractivity contribution in [2.24, 2.45) is 11.1 Å². The number of aromatic nitrogens is 2. The number of anilines is 1. The SMILES string of the molecule is CNC(=O)NC(=O)C1(C=O)Cc2cc(-c3nnc(CN)s3)ccc2N2CC(C)OC(C)C21. The summed E-state index contributed by atoms with van der Waals surface area (Å²) in [7, 11) is 1.41. The van der Waals surface area contributed by atoms with Crippen LogP contribution < -0.4 is 21.3 Å². The summed E-state index contributed by atoms with van der Waals surface area (Å²) in [4.78, 5) is 39.8. The standard InChI is InChI=1S/C21H26N6O4S/c1-11-9-27-15-5-4-13(18-26-25-16(8-22)32-18)6-14(15)7-21(10-28,17(27)12(2)31-11)19(29)24-20(30)23-3/h4-6,10-12,17H,7-9,22H2,1-3H3,(H2,23,24,29,30). The van der Waals surface area contributed by atoms with E-state index in [2.05, 4.69) is 25.7 Å². The number of nitrogens with two attached hydrogens (primary N) is 1. The Bertz CT molecular complexity index is 1060. The molecule has 1 fully saturated rings. The minimum absolute atomic E-state index is 0.0893. The number of hydrogen-bond donors (Lipinski definition) is 3. The van der Waals surface area contributed by atoms with Crippen LogP contribution in [0.5, 0.6) is 0 Å². The van der Waals surface area contributed by atoms with Crippen molar-refractivity contribution in [3.05, 3.63) is 28.8 Å². The molecule has 0 saturated carbocycles. The van der Waals surface area contributed by atoms with Crippen molar-refractivity contribution in [2.45, 2.75) is 45.1 Å². The van der Waals surface area contributed by atoms with Crippen LogP contribution in [-0.4, -0.2) is 60.3 Å². The average Bonchev–Trinajstić information content (AvgIpc) is 3.27. The number of imide groups is 1. The summed E-state index contributed by atoms with van der Waals surface area (Å²) in [6.07, 6.45) is 0.302. The molecule has 2 aliphatic rings. The van der Waals surface area contributed by atoms with E-state index < -0.39 is 29.5 Å². The van der Waals surface area contributed by atoms with Gasteiger partial charge in [-0.3, -0.25) is 10.1 Å². The molecule has 170 valence electrons. The molecule has 10 nitrogen and oxygen atoms in total. The number of amides is 3. The lowest BCUT2D eigenvalue weighted by Crippen LogP contribution is -2.68. The predicted molar refractivity (Wildman–Crippen MR) is 119 cm³/mol. The van der Waals surface area contributed by atoms with Crippen LogP contribution in [0.2, 0.25) is 0 Å². The summed E-state index contributed by atoms with van der Waals surface area (Å²) in [6.45, 7) is 4.63. The van der Waals surface area contributed by atoms with E-state index in [0.717, 1.165) is 21.8 Å². The van der Waals surface area contributed by atoms with Crippen LogP contribution in [0.3, 0.4) is 0 Å². The van der Waals surface area contributed by atoms with Crippen molar-refractivity contribution in [3.8, 4) is 10.6 Å². The maximum absolute atomic E-state index is 13.3. The summed E-state index contributed by atoms with van der Waals surface area (Å²) >= 11 is 1.40. The van der Waals surface area contributed by atoms with E-state index >= 15 is 0 Å². The van der Waals surface area contributed by atoms with Gasteiger partial charge in [0.25, 0.3) is 0 Å². The van der Waals surface area contributed by atoms with Crippen molar-refractivity contribution in [2.75, 3.05) is 18.5 Å². The molecule has 3 amide bonds. The van der Waals surface area contributed by atoms with Crippen molar-refractivity contribution in [3.63, 3.8) is 0 Å². The number of rotatable bonds is 4. The molecule has 2 aromatic rings. The lowest BCUT2D eigenvalue weighted by molar-refractivity contribution is -0.144. The third-order valence-corrected chi connectivity index (χ3v) is 7.05. The molecule has 4 N–H and O–H groups in total. The maximum Gasteiger partial charge on any atom is 0.321 e. The molecule has 2 aliphatic heterocycles. The Morgan fingerprint density at radius 3 is 2.81 bits per heavy atom. The minimum Gasteiger partial charge on any atom is -0.372 e. The van der Waals surface area contributed by atoms with Gasteiger partial charge in [-0.05, 0) is 44.0 Å². The molecule has 0 aliphatic carbocycles. The Balaban J connectivity index is 1.82. The number of urea groups is 1. The van der Waals surface area contributed by atoms with E-state index in [9.17, 15) is 14.4 Å². The Morgan fingerprint density at radius 1 is 1.38 bits per heavy atom. The van der Waals surface area contributed by atoms with Crippen LogP contribution in [0.25, 0.3) is 10.6 Å². The van der Waals surface area contributed by atoms with E-state index in [-0.39, 0.29) is 12.5 Å². The van der Waals surface area contributed by atoms with Crippen molar-refractivity contribution >= 4 is 35.2 Å². The molecular formula is C21H26N6O4S. The minimum atomic E-state index is -1.50. The summed E-state index contributed by atoms with van der Waals surface area (Å²) < 4.78 is 6.01. The highest BCUT2D eigenvalue weighted by Crippen LogP contribution is 2.45. The second-order valence-electron chi connectivity index (χ2n) is 8.17. The van der Waals surface area contributed by atoms with Gasteiger partial charge in [0.15, 0.2) is 0 Å². The average molecular weight is 459 g/mol. The monoisotopic (exact) mass is 458 g/mol. The van der Waals surface area contributed by atoms with Gasteiger partial charge in [-0.1, -0.05) is 11.3 Å². The molecule has 0 spiro atoms. The third-order valence-electron chi connectivity index (χ3n) is 6.06. The maximum atomic E-state index is 13.3. The molecule has 1 saturated heterocycles. The predicted octanol–water partition coefficient (Wildman–Crippen LogP) is 0.843. The number of morpholine rings is 1. The van der Waals surface area contributed by atoms with Gasteiger partial charge in [0, 0.05) is 31.4 Å². The third kappa shape index (κ3) is 3.65. The first-order valence-corrected chi connectivity index (χ1v) is 11.2. The first-order chi connectivity index (χ1) is 15.3. The quantitative estimate of drug-likeness (QED) is 0.452. The normalized spacial score (nSPS) is 26.6.